The zero-order valence-corrected chi connectivity index (χ0v) is 14.8. The molecule has 0 spiro atoms. The van der Waals surface area contributed by atoms with Crippen LogP contribution in [0, 0.1) is 20.8 Å². The highest BCUT2D eigenvalue weighted by Gasteiger charge is 2.24. The van der Waals surface area contributed by atoms with Gasteiger partial charge in [0, 0.05) is 37.9 Å². The van der Waals surface area contributed by atoms with Crippen LogP contribution in [0.15, 0.2) is 18.2 Å². The van der Waals surface area contributed by atoms with Crippen LogP contribution in [0.2, 0.25) is 0 Å². The fourth-order valence-electron chi connectivity index (χ4n) is 3.21. The Kier molecular flexibility index (Phi) is 4.55. The van der Waals surface area contributed by atoms with E-state index >= 15 is 0 Å². The minimum Gasteiger partial charge on any atom is -0.355 e. The molecule has 1 unspecified atom stereocenters. The predicted octanol–water partition coefficient (Wildman–Crippen LogP) is 2.14. The molecule has 0 radical (unpaired) electrons. The molecule has 1 fully saturated rings. The Bertz CT molecular complexity index is 752. The minimum absolute atomic E-state index is 0.0915. The van der Waals surface area contributed by atoms with Gasteiger partial charge in [0.25, 0.3) is 5.91 Å². The van der Waals surface area contributed by atoms with Gasteiger partial charge in [0.1, 0.15) is 11.5 Å². The van der Waals surface area contributed by atoms with E-state index in [2.05, 4.69) is 26.4 Å². The largest absolute Gasteiger partial charge is 0.355 e. The molecular formula is C18H25N5O. The third kappa shape index (κ3) is 3.42. The molecule has 6 nitrogen and oxygen atoms in total. The molecule has 1 aliphatic heterocycles. The van der Waals surface area contributed by atoms with Crippen LogP contribution in [0.25, 0.3) is 0 Å². The summed E-state index contributed by atoms with van der Waals surface area (Å²) in [7, 11) is 1.96. The van der Waals surface area contributed by atoms with Crippen LogP contribution < -0.4 is 10.2 Å². The SMILES string of the molecule is Cc1cc(N2CCCC(NC(=O)c3ccc(C)c(C)n3)C2)n(C)n1. The average Bonchev–Trinajstić information content (AvgIpc) is 2.89. The van der Waals surface area contributed by atoms with Gasteiger partial charge in [-0.3, -0.25) is 9.48 Å². The lowest BCUT2D eigenvalue weighted by molar-refractivity contribution is 0.0928. The number of aromatic nitrogens is 3. The number of carbonyl (C=O) groups excluding carboxylic acids is 1. The zero-order valence-electron chi connectivity index (χ0n) is 14.8. The fourth-order valence-corrected chi connectivity index (χ4v) is 3.21. The smallest absolute Gasteiger partial charge is 0.270 e. The molecule has 2 aromatic heterocycles. The summed E-state index contributed by atoms with van der Waals surface area (Å²) >= 11 is 0. The van der Waals surface area contributed by atoms with Crippen LogP contribution in [0.4, 0.5) is 5.82 Å². The number of piperidine rings is 1. The number of amides is 1. The van der Waals surface area contributed by atoms with Gasteiger partial charge in [-0.05, 0) is 45.2 Å². The summed E-state index contributed by atoms with van der Waals surface area (Å²) in [5, 5.41) is 7.55. The number of nitrogens with one attached hydrogen (secondary N) is 1. The van der Waals surface area contributed by atoms with E-state index in [4.69, 9.17) is 0 Å². The van der Waals surface area contributed by atoms with Crippen LogP contribution >= 0.6 is 0 Å². The first-order valence-corrected chi connectivity index (χ1v) is 8.45. The van der Waals surface area contributed by atoms with Crippen molar-refractivity contribution in [1.82, 2.24) is 20.1 Å². The molecule has 0 bridgehead atoms. The van der Waals surface area contributed by atoms with Crippen LogP contribution in [-0.4, -0.2) is 39.8 Å². The van der Waals surface area contributed by atoms with Crippen molar-refractivity contribution >= 4 is 11.7 Å². The molecule has 1 saturated heterocycles. The molecule has 0 saturated carbocycles. The summed E-state index contributed by atoms with van der Waals surface area (Å²) < 4.78 is 1.91. The number of hydrogen-bond donors (Lipinski definition) is 1. The second-order valence-electron chi connectivity index (χ2n) is 6.62. The average molecular weight is 327 g/mol. The Labute approximate surface area is 142 Å². The van der Waals surface area contributed by atoms with Crippen molar-refractivity contribution in [3.63, 3.8) is 0 Å². The third-order valence-electron chi connectivity index (χ3n) is 4.64. The highest BCUT2D eigenvalue weighted by atomic mass is 16.1. The van der Waals surface area contributed by atoms with E-state index in [1.165, 1.54) is 0 Å². The minimum atomic E-state index is -0.0915. The molecule has 128 valence electrons. The van der Waals surface area contributed by atoms with Crippen molar-refractivity contribution in [3.05, 3.63) is 40.8 Å². The summed E-state index contributed by atoms with van der Waals surface area (Å²) in [4.78, 5) is 19.2. The highest BCUT2D eigenvalue weighted by molar-refractivity contribution is 5.92. The van der Waals surface area contributed by atoms with E-state index < -0.39 is 0 Å². The maximum atomic E-state index is 12.5. The molecule has 1 N–H and O–H groups in total. The van der Waals surface area contributed by atoms with Gasteiger partial charge in [0.15, 0.2) is 0 Å². The lowest BCUT2D eigenvalue weighted by Gasteiger charge is -2.34. The maximum absolute atomic E-state index is 12.5. The van der Waals surface area contributed by atoms with E-state index in [1.807, 2.05) is 38.6 Å². The molecule has 24 heavy (non-hydrogen) atoms. The molecular weight excluding hydrogens is 302 g/mol. The Balaban J connectivity index is 1.67. The number of aryl methyl sites for hydroxylation is 4. The van der Waals surface area contributed by atoms with Gasteiger partial charge in [-0.1, -0.05) is 6.07 Å². The molecule has 1 amide bonds. The molecule has 1 atom stereocenters. The molecule has 3 rings (SSSR count). The first-order valence-electron chi connectivity index (χ1n) is 8.45. The number of rotatable bonds is 3. The first-order chi connectivity index (χ1) is 11.4. The van der Waals surface area contributed by atoms with Crippen LogP contribution in [0.5, 0.6) is 0 Å². The summed E-state index contributed by atoms with van der Waals surface area (Å²) in [6.45, 7) is 7.72. The number of anilines is 1. The van der Waals surface area contributed by atoms with Gasteiger partial charge in [0.2, 0.25) is 0 Å². The van der Waals surface area contributed by atoms with Gasteiger partial charge in [-0.15, -0.1) is 0 Å². The quantitative estimate of drug-likeness (QED) is 0.938. The number of carbonyl (C=O) groups is 1. The van der Waals surface area contributed by atoms with Gasteiger partial charge >= 0.3 is 0 Å². The second-order valence-corrected chi connectivity index (χ2v) is 6.62. The molecule has 2 aromatic rings. The number of hydrogen-bond acceptors (Lipinski definition) is 4. The molecule has 3 heterocycles. The Morgan fingerprint density at radius 2 is 2.08 bits per heavy atom. The lowest BCUT2D eigenvalue weighted by atomic mass is 10.1. The Morgan fingerprint density at radius 3 is 2.75 bits per heavy atom. The van der Waals surface area contributed by atoms with Crippen molar-refractivity contribution < 1.29 is 4.79 Å². The maximum Gasteiger partial charge on any atom is 0.270 e. The summed E-state index contributed by atoms with van der Waals surface area (Å²) in [6, 6.07) is 5.96. The molecule has 1 aliphatic rings. The van der Waals surface area contributed by atoms with Gasteiger partial charge in [-0.2, -0.15) is 5.10 Å². The standard InChI is InChI=1S/C18H25N5O/c1-12-7-8-16(19-14(12)3)18(24)20-15-6-5-9-23(11-15)17-10-13(2)21-22(17)4/h7-8,10,15H,5-6,9,11H2,1-4H3,(H,20,24). The highest BCUT2D eigenvalue weighted by Crippen LogP contribution is 2.20. The van der Waals surface area contributed by atoms with Crippen LogP contribution in [0.3, 0.4) is 0 Å². The van der Waals surface area contributed by atoms with Crippen molar-refractivity contribution in [2.45, 2.75) is 39.7 Å². The van der Waals surface area contributed by atoms with E-state index in [-0.39, 0.29) is 11.9 Å². The van der Waals surface area contributed by atoms with Crippen molar-refractivity contribution in [2.75, 3.05) is 18.0 Å². The van der Waals surface area contributed by atoms with Crippen molar-refractivity contribution in [3.8, 4) is 0 Å². The van der Waals surface area contributed by atoms with Crippen molar-refractivity contribution in [2.24, 2.45) is 7.05 Å². The topological polar surface area (TPSA) is 63.1 Å². The summed E-state index contributed by atoms with van der Waals surface area (Å²) in [5.74, 6) is 1.02. The summed E-state index contributed by atoms with van der Waals surface area (Å²) in [6.07, 6.45) is 2.04. The number of pyridine rings is 1. The lowest BCUT2D eigenvalue weighted by Crippen LogP contribution is -2.48. The van der Waals surface area contributed by atoms with Gasteiger partial charge in [0.05, 0.1) is 5.69 Å². The van der Waals surface area contributed by atoms with E-state index in [9.17, 15) is 4.79 Å². The van der Waals surface area contributed by atoms with Crippen molar-refractivity contribution in [1.29, 1.82) is 0 Å². The Hall–Kier alpha value is -2.37. The van der Waals surface area contributed by atoms with Crippen LogP contribution in [-0.2, 0) is 7.05 Å². The zero-order chi connectivity index (χ0) is 17.3. The van der Waals surface area contributed by atoms with E-state index in [0.717, 1.165) is 48.7 Å². The molecule has 6 heteroatoms. The monoisotopic (exact) mass is 327 g/mol. The van der Waals surface area contributed by atoms with Crippen LogP contribution in [0.1, 0.15) is 40.3 Å². The first kappa shape index (κ1) is 16.5. The predicted molar refractivity (Wildman–Crippen MR) is 94.4 cm³/mol. The summed E-state index contributed by atoms with van der Waals surface area (Å²) in [5.41, 5.74) is 3.50. The fraction of sp³-hybridized carbons (Fsp3) is 0.500. The number of nitrogens with zero attached hydrogens (tertiary/aromatic N) is 4. The molecule has 0 aliphatic carbocycles. The Morgan fingerprint density at radius 1 is 1.29 bits per heavy atom. The van der Waals surface area contributed by atoms with Gasteiger partial charge < -0.3 is 10.2 Å². The third-order valence-corrected chi connectivity index (χ3v) is 4.64. The second kappa shape index (κ2) is 6.63. The van der Waals surface area contributed by atoms with E-state index in [0.29, 0.717) is 5.69 Å². The molecule has 0 aromatic carbocycles. The van der Waals surface area contributed by atoms with E-state index in [1.54, 1.807) is 6.07 Å². The normalized spacial score (nSPS) is 17.8. The van der Waals surface area contributed by atoms with Gasteiger partial charge in [-0.25, -0.2) is 4.98 Å².